The number of Topliss-reactive ketones (excluding diaryl/α,β-unsaturated/α-hetero) is 1. The van der Waals surface area contributed by atoms with Gasteiger partial charge in [0.25, 0.3) is 0 Å². The predicted molar refractivity (Wildman–Crippen MR) is 96.8 cm³/mol. The molecule has 0 aromatic heterocycles. The molecule has 3 heteroatoms. The molecule has 0 N–H and O–H groups in total. The van der Waals surface area contributed by atoms with Gasteiger partial charge in [0.15, 0.2) is 0 Å². The molecular weight excluding hydrogens is 298 g/mol. The van der Waals surface area contributed by atoms with Crippen LogP contribution in [0, 0.1) is 23.7 Å². The summed E-state index contributed by atoms with van der Waals surface area (Å²) in [5, 5.41) is 0. The highest BCUT2D eigenvalue weighted by Crippen LogP contribution is 2.43. The van der Waals surface area contributed by atoms with Gasteiger partial charge >= 0.3 is 0 Å². The van der Waals surface area contributed by atoms with E-state index in [0.29, 0.717) is 17.6 Å². The lowest BCUT2D eigenvalue weighted by Crippen LogP contribution is -2.48. The summed E-state index contributed by atoms with van der Waals surface area (Å²) in [6, 6.07) is 10.8. The Morgan fingerprint density at radius 3 is 2.38 bits per heavy atom. The maximum absolute atomic E-state index is 13.4. The van der Waals surface area contributed by atoms with Crippen LogP contribution in [-0.2, 0) is 9.53 Å². The van der Waals surface area contributed by atoms with Gasteiger partial charge in [0.2, 0.25) is 0 Å². The number of benzene rings is 1. The first-order valence-electron chi connectivity index (χ1n) is 9.50. The third-order valence-electron chi connectivity index (χ3n) is 5.97. The zero-order chi connectivity index (χ0) is 17.1. The van der Waals surface area contributed by atoms with Gasteiger partial charge in [-0.25, -0.2) is 0 Å². The normalized spacial score (nSPS) is 30.5. The van der Waals surface area contributed by atoms with Crippen molar-refractivity contribution in [2.45, 2.75) is 39.7 Å². The second kappa shape index (κ2) is 7.79. The van der Waals surface area contributed by atoms with Crippen LogP contribution in [0.25, 0.3) is 0 Å². The molecule has 1 saturated heterocycles. The molecule has 0 bridgehead atoms. The van der Waals surface area contributed by atoms with E-state index in [1.807, 2.05) is 0 Å². The number of carbonyl (C=O) groups excluding carboxylic acids is 1. The monoisotopic (exact) mass is 329 g/mol. The van der Waals surface area contributed by atoms with Gasteiger partial charge in [-0.1, -0.05) is 51.1 Å². The topological polar surface area (TPSA) is 29.5 Å². The van der Waals surface area contributed by atoms with Gasteiger partial charge in [-0.3, -0.25) is 9.69 Å². The van der Waals surface area contributed by atoms with Crippen LogP contribution in [-0.4, -0.2) is 37.0 Å². The first-order chi connectivity index (χ1) is 11.6. The van der Waals surface area contributed by atoms with Crippen molar-refractivity contribution in [3.63, 3.8) is 0 Å². The molecule has 3 rings (SSSR count). The average Bonchev–Trinajstić information content (AvgIpc) is 2.59. The molecule has 1 saturated carbocycles. The Hall–Kier alpha value is -1.19. The number of carbonyl (C=O) groups is 1. The largest absolute Gasteiger partial charge is 0.379 e. The van der Waals surface area contributed by atoms with Crippen LogP contribution >= 0.6 is 0 Å². The van der Waals surface area contributed by atoms with Gasteiger partial charge in [0.05, 0.1) is 13.2 Å². The molecule has 24 heavy (non-hydrogen) atoms. The Morgan fingerprint density at radius 1 is 1.08 bits per heavy atom. The maximum Gasteiger partial charge on any atom is 0.141 e. The number of ketones is 1. The summed E-state index contributed by atoms with van der Waals surface area (Å²) in [6.07, 6.45) is 2.21. The van der Waals surface area contributed by atoms with E-state index in [-0.39, 0.29) is 17.9 Å². The Balaban J connectivity index is 1.95. The van der Waals surface area contributed by atoms with Crippen molar-refractivity contribution in [2.75, 3.05) is 26.3 Å². The molecule has 3 nitrogen and oxygen atoms in total. The standard InChI is InChI=1S/C21H31NO2/c1-15(2)18-10-9-16(3)19(21(18)23)20(17-7-5-4-6-8-17)22-11-13-24-14-12-22/h4-8,15-16,18-20H,9-14H2,1-3H3/t16-,18+,19?,20?/m1/s1. The minimum absolute atomic E-state index is 0.103. The lowest BCUT2D eigenvalue weighted by molar-refractivity contribution is -0.137. The van der Waals surface area contributed by atoms with E-state index < -0.39 is 0 Å². The molecule has 1 heterocycles. The van der Waals surface area contributed by atoms with E-state index in [2.05, 4.69) is 56.0 Å². The highest BCUT2D eigenvalue weighted by molar-refractivity contribution is 5.85. The predicted octanol–water partition coefficient (Wildman–Crippen LogP) is 3.95. The van der Waals surface area contributed by atoms with E-state index in [1.54, 1.807) is 0 Å². The molecule has 2 unspecified atom stereocenters. The van der Waals surface area contributed by atoms with Crippen molar-refractivity contribution in [1.82, 2.24) is 4.90 Å². The number of hydrogen-bond acceptors (Lipinski definition) is 3. The Morgan fingerprint density at radius 2 is 1.75 bits per heavy atom. The van der Waals surface area contributed by atoms with E-state index in [4.69, 9.17) is 4.74 Å². The van der Waals surface area contributed by atoms with Crippen LogP contribution < -0.4 is 0 Å². The van der Waals surface area contributed by atoms with Gasteiger partial charge in [-0.2, -0.15) is 0 Å². The third-order valence-corrected chi connectivity index (χ3v) is 5.97. The fourth-order valence-corrected chi connectivity index (χ4v) is 4.57. The van der Waals surface area contributed by atoms with E-state index >= 15 is 0 Å². The lowest BCUT2D eigenvalue weighted by atomic mass is 9.66. The van der Waals surface area contributed by atoms with Crippen LogP contribution in [0.3, 0.4) is 0 Å². The molecule has 1 aliphatic carbocycles. The summed E-state index contributed by atoms with van der Waals surface area (Å²) in [7, 11) is 0. The van der Waals surface area contributed by atoms with Gasteiger partial charge in [0, 0.05) is 31.0 Å². The van der Waals surface area contributed by atoms with Gasteiger partial charge in [-0.05, 0) is 30.2 Å². The molecule has 1 aromatic carbocycles. The Bertz CT molecular complexity index is 536. The highest BCUT2D eigenvalue weighted by Gasteiger charge is 2.44. The van der Waals surface area contributed by atoms with Crippen LogP contribution in [0.5, 0.6) is 0 Å². The van der Waals surface area contributed by atoms with Crippen molar-refractivity contribution in [3.8, 4) is 0 Å². The molecule has 0 amide bonds. The number of ether oxygens (including phenoxy) is 1. The molecule has 2 fully saturated rings. The van der Waals surface area contributed by atoms with E-state index in [9.17, 15) is 4.79 Å². The SMILES string of the molecule is CC(C)[C@@H]1CC[C@@H](C)C(C(c2ccccc2)N2CCOCC2)C1=O. The molecule has 132 valence electrons. The second-order valence-corrected chi connectivity index (χ2v) is 7.84. The smallest absolute Gasteiger partial charge is 0.141 e. The van der Waals surface area contributed by atoms with Crippen LogP contribution in [0.1, 0.15) is 45.2 Å². The minimum Gasteiger partial charge on any atom is -0.379 e. The van der Waals surface area contributed by atoms with Crippen molar-refractivity contribution in [3.05, 3.63) is 35.9 Å². The average molecular weight is 329 g/mol. The van der Waals surface area contributed by atoms with Crippen LogP contribution in [0.2, 0.25) is 0 Å². The zero-order valence-corrected chi connectivity index (χ0v) is 15.3. The Kier molecular flexibility index (Phi) is 5.72. The van der Waals surface area contributed by atoms with Crippen LogP contribution in [0.15, 0.2) is 30.3 Å². The summed E-state index contributed by atoms with van der Waals surface area (Å²) in [5.41, 5.74) is 1.29. The molecule has 0 radical (unpaired) electrons. The summed E-state index contributed by atoms with van der Waals surface area (Å²) in [5.74, 6) is 1.70. The molecule has 0 spiro atoms. The Labute approximate surface area is 146 Å². The third kappa shape index (κ3) is 3.57. The highest BCUT2D eigenvalue weighted by atomic mass is 16.5. The van der Waals surface area contributed by atoms with Gasteiger partial charge in [-0.15, -0.1) is 0 Å². The summed E-state index contributed by atoms with van der Waals surface area (Å²) in [4.78, 5) is 15.9. The van der Waals surface area contributed by atoms with Gasteiger partial charge < -0.3 is 4.74 Å². The van der Waals surface area contributed by atoms with E-state index in [0.717, 1.165) is 39.1 Å². The summed E-state index contributed by atoms with van der Waals surface area (Å²) >= 11 is 0. The van der Waals surface area contributed by atoms with Gasteiger partial charge in [0.1, 0.15) is 5.78 Å². The summed E-state index contributed by atoms with van der Waals surface area (Å²) < 4.78 is 5.56. The number of nitrogens with zero attached hydrogens (tertiary/aromatic N) is 1. The van der Waals surface area contributed by atoms with Crippen molar-refractivity contribution in [2.24, 2.45) is 23.7 Å². The van der Waals surface area contributed by atoms with Crippen molar-refractivity contribution < 1.29 is 9.53 Å². The second-order valence-electron chi connectivity index (χ2n) is 7.84. The minimum atomic E-state index is 0.103. The maximum atomic E-state index is 13.4. The molecule has 2 aliphatic rings. The molecular formula is C21H31NO2. The first kappa shape index (κ1) is 17.6. The van der Waals surface area contributed by atoms with E-state index in [1.165, 1.54) is 5.56 Å². The fraction of sp³-hybridized carbons (Fsp3) is 0.667. The van der Waals surface area contributed by atoms with Crippen molar-refractivity contribution >= 4 is 5.78 Å². The first-order valence-corrected chi connectivity index (χ1v) is 9.50. The quantitative estimate of drug-likeness (QED) is 0.838. The van der Waals surface area contributed by atoms with Crippen molar-refractivity contribution in [1.29, 1.82) is 0 Å². The molecule has 4 atom stereocenters. The summed E-state index contributed by atoms with van der Waals surface area (Å²) in [6.45, 7) is 10.0. The zero-order valence-electron chi connectivity index (χ0n) is 15.3. The fourth-order valence-electron chi connectivity index (χ4n) is 4.57. The molecule has 1 aliphatic heterocycles. The van der Waals surface area contributed by atoms with Crippen LogP contribution in [0.4, 0.5) is 0 Å². The number of hydrogen-bond donors (Lipinski definition) is 0. The lowest BCUT2D eigenvalue weighted by Gasteiger charge is -2.45. The number of morpholine rings is 1. The molecule has 1 aromatic rings. The number of rotatable bonds is 4.